The zero-order valence-corrected chi connectivity index (χ0v) is 4.44. The molecular weight excluding hydrogens is 122 g/mol. The van der Waals surface area contributed by atoms with Crippen LogP contribution in [0, 0.1) is 5.41 Å². The Morgan fingerprint density at radius 2 is 2.33 bits per heavy atom. The summed E-state index contributed by atoms with van der Waals surface area (Å²) in [7, 11) is 0. The normalized spacial score (nSPS) is 9.33. The molecule has 48 valence electrons. The van der Waals surface area contributed by atoms with Crippen molar-refractivity contribution >= 4 is 5.95 Å². The van der Waals surface area contributed by atoms with E-state index in [-0.39, 0.29) is 11.6 Å². The quantitative estimate of drug-likeness (QED) is 0.372. The van der Waals surface area contributed by atoms with Gasteiger partial charge in [-0.1, -0.05) is 0 Å². The van der Waals surface area contributed by atoms with Crippen LogP contribution in [0.25, 0.3) is 0 Å². The summed E-state index contributed by atoms with van der Waals surface area (Å²) >= 11 is 0. The van der Waals surface area contributed by atoms with Gasteiger partial charge < -0.3 is 10.9 Å². The number of nitrogens with one attached hydrogen (secondary N) is 1. The van der Waals surface area contributed by atoms with E-state index in [2.05, 4.69) is 9.97 Å². The number of rotatable bonds is 0. The fourth-order valence-electron chi connectivity index (χ4n) is 0.361. The van der Waals surface area contributed by atoms with Crippen molar-refractivity contribution in [3.05, 3.63) is 11.9 Å². The van der Waals surface area contributed by atoms with Crippen LogP contribution in [0.3, 0.4) is 0 Å². The lowest BCUT2D eigenvalue weighted by Gasteiger charge is -1.95. The summed E-state index contributed by atoms with van der Waals surface area (Å²) in [5.74, 6) is -0.144. The first kappa shape index (κ1) is 5.54. The molecule has 0 bridgehead atoms. The summed E-state index contributed by atoms with van der Waals surface area (Å²) in [5.41, 5.74) is 4.73. The highest BCUT2D eigenvalue weighted by molar-refractivity contribution is 5.10. The molecule has 1 aromatic heterocycles. The average Bonchev–Trinajstić information content (AvgIpc) is 1.83. The van der Waals surface area contributed by atoms with Gasteiger partial charge in [-0.3, -0.25) is 5.41 Å². The average molecular weight is 127 g/mol. The van der Waals surface area contributed by atoms with Gasteiger partial charge >= 0.3 is 0 Å². The fourth-order valence-corrected chi connectivity index (χ4v) is 0.361. The lowest BCUT2D eigenvalue weighted by Crippen LogP contribution is -2.24. The minimum absolute atomic E-state index is 0.144. The fraction of sp³-hybridized carbons (Fsp3) is 0. The van der Waals surface area contributed by atoms with Gasteiger partial charge in [-0.15, -0.1) is 4.73 Å². The minimum atomic E-state index is -0.331. The van der Waals surface area contributed by atoms with Gasteiger partial charge in [-0.25, -0.2) is 4.98 Å². The first-order chi connectivity index (χ1) is 4.22. The lowest BCUT2D eigenvalue weighted by atomic mass is 10.9. The zero-order chi connectivity index (χ0) is 6.85. The number of hydrogen-bond acceptors (Lipinski definition) is 5. The topological polar surface area (TPSA) is 101 Å². The predicted octanol–water partition coefficient (Wildman–Crippen LogP) is -1.42. The van der Waals surface area contributed by atoms with E-state index in [1.807, 2.05) is 0 Å². The van der Waals surface area contributed by atoms with Gasteiger partial charge in [-0.05, 0) is 0 Å². The molecule has 0 unspecified atom stereocenters. The van der Waals surface area contributed by atoms with Crippen LogP contribution in [0.1, 0.15) is 0 Å². The van der Waals surface area contributed by atoms with Crippen molar-refractivity contribution < 1.29 is 5.21 Å². The van der Waals surface area contributed by atoms with E-state index in [1.54, 1.807) is 0 Å². The van der Waals surface area contributed by atoms with E-state index < -0.39 is 0 Å². The van der Waals surface area contributed by atoms with Gasteiger partial charge in [-0.2, -0.15) is 4.98 Å². The van der Waals surface area contributed by atoms with Crippen molar-refractivity contribution in [2.75, 3.05) is 5.73 Å². The molecule has 0 spiro atoms. The predicted molar refractivity (Wildman–Crippen MR) is 27.5 cm³/mol. The van der Waals surface area contributed by atoms with Crippen molar-refractivity contribution in [3.63, 3.8) is 0 Å². The number of hydrogen-bond donors (Lipinski definition) is 3. The molecule has 6 nitrogen and oxygen atoms in total. The van der Waals surface area contributed by atoms with Crippen molar-refractivity contribution in [2.24, 2.45) is 0 Å². The second kappa shape index (κ2) is 1.73. The first-order valence-electron chi connectivity index (χ1n) is 2.15. The molecule has 0 radical (unpaired) electrons. The van der Waals surface area contributed by atoms with Crippen molar-refractivity contribution in [1.29, 1.82) is 5.41 Å². The van der Waals surface area contributed by atoms with E-state index in [0.29, 0.717) is 4.73 Å². The van der Waals surface area contributed by atoms with E-state index in [4.69, 9.17) is 16.4 Å². The molecule has 0 fully saturated rings. The van der Waals surface area contributed by atoms with Gasteiger partial charge in [0.15, 0.2) is 0 Å². The van der Waals surface area contributed by atoms with Crippen molar-refractivity contribution in [2.45, 2.75) is 0 Å². The van der Waals surface area contributed by atoms with E-state index in [9.17, 15) is 0 Å². The minimum Gasteiger partial charge on any atom is -0.422 e. The van der Waals surface area contributed by atoms with Crippen LogP contribution >= 0.6 is 0 Å². The molecule has 0 saturated carbocycles. The van der Waals surface area contributed by atoms with Crippen LogP contribution < -0.4 is 11.4 Å². The van der Waals surface area contributed by atoms with Crippen molar-refractivity contribution in [3.8, 4) is 0 Å². The largest absolute Gasteiger partial charge is 0.422 e. The van der Waals surface area contributed by atoms with Gasteiger partial charge in [0.05, 0.1) is 0 Å². The van der Waals surface area contributed by atoms with Crippen LogP contribution in [0.15, 0.2) is 6.33 Å². The number of nitrogens with two attached hydrogens (primary N) is 1. The zero-order valence-electron chi connectivity index (χ0n) is 4.44. The summed E-state index contributed by atoms with van der Waals surface area (Å²) in [6, 6.07) is 0. The maximum Gasteiger partial charge on any atom is 0.260 e. The Balaban J connectivity index is 3.43. The Bertz CT molecular complexity index is 265. The van der Waals surface area contributed by atoms with Gasteiger partial charge in [0, 0.05) is 0 Å². The summed E-state index contributed by atoms with van der Waals surface area (Å²) < 4.78 is 0.389. The Hall–Kier alpha value is -1.59. The molecule has 0 aromatic carbocycles. The standard InChI is InChI=1S/C3H5N5O/c4-2-6-1-7-3(5)8(2)9/h1,9H,(H3,4,5,6,7). The van der Waals surface area contributed by atoms with Crippen LogP contribution in [0.4, 0.5) is 5.95 Å². The molecule has 0 aliphatic carbocycles. The summed E-state index contributed by atoms with van der Waals surface area (Å²) in [4.78, 5) is 6.73. The second-order valence-corrected chi connectivity index (χ2v) is 1.37. The monoisotopic (exact) mass is 127 g/mol. The molecule has 6 heteroatoms. The summed E-state index contributed by atoms with van der Waals surface area (Å²) in [5, 5.41) is 15.5. The number of nitrogens with zero attached hydrogens (tertiary/aromatic N) is 3. The van der Waals surface area contributed by atoms with Crippen LogP contribution in [0.2, 0.25) is 0 Å². The van der Waals surface area contributed by atoms with Crippen LogP contribution in [-0.2, 0) is 0 Å². The Kier molecular flexibility index (Phi) is 1.07. The number of aromatic nitrogens is 3. The van der Waals surface area contributed by atoms with Gasteiger partial charge in [0.25, 0.3) is 5.62 Å². The molecule has 1 aromatic rings. The third kappa shape index (κ3) is 0.809. The molecule has 9 heavy (non-hydrogen) atoms. The van der Waals surface area contributed by atoms with E-state index in [1.165, 1.54) is 0 Å². The molecule has 0 saturated heterocycles. The molecule has 1 rings (SSSR count). The second-order valence-electron chi connectivity index (χ2n) is 1.37. The molecule has 0 aliphatic heterocycles. The molecule has 1 heterocycles. The summed E-state index contributed by atoms with van der Waals surface area (Å²) in [6.07, 6.45) is 1.10. The Morgan fingerprint density at radius 1 is 1.67 bits per heavy atom. The molecule has 0 amide bonds. The highest BCUT2D eigenvalue weighted by atomic mass is 16.5. The first-order valence-corrected chi connectivity index (χ1v) is 2.15. The smallest absolute Gasteiger partial charge is 0.260 e. The Labute approximate surface area is 50.1 Å². The maximum absolute atomic E-state index is 8.69. The number of nitrogen functional groups attached to an aromatic ring is 1. The van der Waals surface area contributed by atoms with Crippen LogP contribution in [-0.4, -0.2) is 19.9 Å². The SMILES string of the molecule is N=c1ncnc(N)n1O. The molecule has 4 N–H and O–H groups in total. The Morgan fingerprint density at radius 3 is 2.78 bits per heavy atom. The van der Waals surface area contributed by atoms with Gasteiger partial charge in [0.2, 0.25) is 5.95 Å². The third-order valence-electron chi connectivity index (χ3n) is 0.788. The van der Waals surface area contributed by atoms with Crippen molar-refractivity contribution in [1.82, 2.24) is 14.7 Å². The lowest BCUT2D eigenvalue weighted by molar-refractivity contribution is 0.168. The summed E-state index contributed by atoms with van der Waals surface area (Å²) in [6.45, 7) is 0. The van der Waals surface area contributed by atoms with E-state index >= 15 is 0 Å². The molecular formula is C3H5N5O. The molecule has 0 atom stereocenters. The maximum atomic E-state index is 8.69. The van der Waals surface area contributed by atoms with Crippen LogP contribution in [0.5, 0.6) is 0 Å². The van der Waals surface area contributed by atoms with E-state index in [0.717, 1.165) is 6.33 Å². The third-order valence-corrected chi connectivity index (χ3v) is 0.788. The highest BCUT2D eigenvalue weighted by Gasteiger charge is 1.92. The highest BCUT2D eigenvalue weighted by Crippen LogP contribution is 1.80. The van der Waals surface area contributed by atoms with Gasteiger partial charge in [0.1, 0.15) is 6.33 Å². The molecule has 0 aliphatic rings. The number of anilines is 1.